The summed E-state index contributed by atoms with van der Waals surface area (Å²) in [6.45, 7) is 0.927. The molecule has 3 aromatic rings. The molecule has 0 aliphatic rings. The number of nitrogens with zero attached hydrogens (tertiary/aromatic N) is 3. The Kier molecular flexibility index (Phi) is 4.85. The lowest BCUT2D eigenvalue weighted by molar-refractivity contribution is 0.0615. The summed E-state index contributed by atoms with van der Waals surface area (Å²) in [5.41, 5.74) is 1.60. The molecule has 1 unspecified atom stereocenters. The topological polar surface area (TPSA) is 71.7 Å². The molecular formula is C15H17FN4O2S. The first kappa shape index (κ1) is 15.9. The van der Waals surface area contributed by atoms with Gasteiger partial charge in [0.1, 0.15) is 5.82 Å². The van der Waals surface area contributed by atoms with Crippen molar-refractivity contribution in [3.05, 3.63) is 36.3 Å². The van der Waals surface area contributed by atoms with Gasteiger partial charge in [-0.05, 0) is 30.7 Å². The standard InChI is InChI=1S/C15H17FN4O2S/c1-22-9-12(21)6-7-17-14-19-20-8-13(18-15(20)23-14)10-2-4-11(16)5-3-10/h2-5,8,12,21H,6-7,9H2,1H3,(H,17,19). The maximum absolute atomic E-state index is 13.0. The van der Waals surface area contributed by atoms with E-state index < -0.39 is 6.10 Å². The van der Waals surface area contributed by atoms with Gasteiger partial charge in [-0.25, -0.2) is 13.9 Å². The van der Waals surface area contributed by atoms with E-state index in [9.17, 15) is 9.50 Å². The van der Waals surface area contributed by atoms with E-state index in [0.29, 0.717) is 19.6 Å². The number of rotatable bonds is 7. The van der Waals surface area contributed by atoms with Gasteiger partial charge in [-0.3, -0.25) is 0 Å². The highest BCUT2D eigenvalue weighted by molar-refractivity contribution is 7.20. The molecule has 0 saturated heterocycles. The van der Waals surface area contributed by atoms with Crippen LogP contribution >= 0.6 is 11.3 Å². The van der Waals surface area contributed by atoms with E-state index in [-0.39, 0.29) is 5.82 Å². The fraction of sp³-hybridized carbons (Fsp3) is 0.333. The Morgan fingerprint density at radius 3 is 2.87 bits per heavy atom. The number of nitrogens with one attached hydrogen (secondary N) is 1. The molecule has 1 aromatic carbocycles. The third-order valence-electron chi connectivity index (χ3n) is 3.30. The number of halogens is 1. The second-order valence-corrected chi connectivity index (χ2v) is 6.05. The zero-order valence-electron chi connectivity index (χ0n) is 12.6. The number of anilines is 1. The summed E-state index contributed by atoms with van der Waals surface area (Å²) in [6, 6.07) is 6.21. The lowest BCUT2D eigenvalue weighted by atomic mass is 10.2. The Labute approximate surface area is 136 Å². The molecular weight excluding hydrogens is 319 g/mol. The summed E-state index contributed by atoms with van der Waals surface area (Å²) in [7, 11) is 1.56. The van der Waals surface area contributed by atoms with E-state index in [4.69, 9.17) is 4.74 Å². The van der Waals surface area contributed by atoms with Gasteiger partial charge in [0.25, 0.3) is 0 Å². The van der Waals surface area contributed by atoms with Crippen molar-refractivity contribution >= 4 is 21.4 Å². The average Bonchev–Trinajstić information content (AvgIpc) is 3.06. The lowest BCUT2D eigenvalue weighted by Crippen LogP contribution is -2.18. The Balaban J connectivity index is 1.65. The van der Waals surface area contributed by atoms with E-state index in [2.05, 4.69) is 15.4 Å². The molecule has 0 radical (unpaired) electrons. The Bertz CT molecular complexity index is 740. The van der Waals surface area contributed by atoms with Crippen molar-refractivity contribution in [2.24, 2.45) is 0 Å². The highest BCUT2D eigenvalue weighted by Gasteiger charge is 2.10. The molecule has 23 heavy (non-hydrogen) atoms. The van der Waals surface area contributed by atoms with Crippen molar-refractivity contribution in [1.82, 2.24) is 14.6 Å². The molecule has 1 atom stereocenters. The predicted octanol–water partition coefficient (Wildman–Crippen LogP) is 2.41. The van der Waals surface area contributed by atoms with Crippen LogP contribution in [0.25, 0.3) is 16.2 Å². The Morgan fingerprint density at radius 2 is 2.17 bits per heavy atom. The zero-order valence-corrected chi connectivity index (χ0v) is 13.4. The average molecular weight is 336 g/mol. The van der Waals surface area contributed by atoms with Gasteiger partial charge in [-0.15, -0.1) is 5.10 Å². The first-order valence-corrected chi connectivity index (χ1v) is 8.00. The number of ether oxygens (including phenoxy) is 1. The van der Waals surface area contributed by atoms with Gasteiger partial charge in [0, 0.05) is 19.2 Å². The van der Waals surface area contributed by atoms with Crippen molar-refractivity contribution in [1.29, 1.82) is 0 Å². The van der Waals surface area contributed by atoms with E-state index in [1.807, 2.05) is 6.20 Å². The predicted molar refractivity (Wildman–Crippen MR) is 87.2 cm³/mol. The molecule has 2 aromatic heterocycles. The molecule has 2 heterocycles. The second-order valence-electron chi connectivity index (χ2n) is 5.09. The van der Waals surface area contributed by atoms with Gasteiger partial charge in [0.2, 0.25) is 10.1 Å². The quantitative estimate of drug-likeness (QED) is 0.693. The van der Waals surface area contributed by atoms with Crippen LogP contribution in [0.4, 0.5) is 9.52 Å². The summed E-state index contributed by atoms with van der Waals surface area (Å²) < 4.78 is 19.5. The summed E-state index contributed by atoms with van der Waals surface area (Å²) in [4.78, 5) is 5.25. The van der Waals surface area contributed by atoms with Crippen LogP contribution in [0.15, 0.2) is 30.5 Å². The molecule has 0 aliphatic heterocycles. The van der Waals surface area contributed by atoms with Crippen molar-refractivity contribution in [3.8, 4) is 11.3 Å². The van der Waals surface area contributed by atoms with Crippen LogP contribution in [0.3, 0.4) is 0 Å². The molecule has 0 amide bonds. The van der Waals surface area contributed by atoms with Crippen molar-refractivity contribution in [2.75, 3.05) is 25.6 Å². The monoisotopic (exact) mass is 336 g/mol. The van der Waals surface area contributed by atoms with Gasteiger partial charge in [0.15, 0.2) is 0 Å². The molecule has 0 bridgehead atoms. The Hall–Kier alpha value is -2.03. The first-order valence-electron chi connectivity index (χ1n) is 7.19. The Morgan fingerprint density at radius 1 is 1.39 bits per heavy atom. The number of hydrogen-bond acceptors (Lipinski definition) is 6. The van der Waals surface area contributed by atoms with Crippen LogP contribution < -0.4 is 5.32 Å². The van der Waals surface area contributed by atoms with Crippen LogP contribution in [0.5, 0.6) is 0 Å². The SMILES string of the molecule is COCC(O)CCNc1nn2cc(-c3ccc(F)cc3)nc2s1. The summed E-state index contributed by atoms with van der Waals surface area (Å²) in [5, 5.41) is 17.9. The van der Waals surface area contributed by atoms with E-state index in [1.54, 1.807) is 23.8 Å². The van der Waals surface area contributed by atoms with Gasteiger partial charge >= 0.3 is 0 Å². The number of aromatic nitrogens is 3. The summed E-state index contributed by atoms with van der Waals surface area (Å²) in [6.07, 6.45) is 1.90. The number of fused-ring (bicyclic) bond motifs is 1. The molecule has 0 spiro atoms. The minimum atomic E-state index is -0.485. The van der Waals surface area contributed by atoms with Crippen molar-refractivity contribution < 1.29 is 14.2 Å². The number of methoxy groups -OCH3 is 1. The highest BCUT2D eigenvalue weighted by atomic mass is 32.1. The van der Waals surface area contributed by atoms with Crippen LogP contribution in [0.2, 0.25) is 0 Å². The van der Waals surface area contributed by atoms with Gasteiger partial charge < -0.3 is 15.2 Å². The molecule has 122 valence electrons. The van der Waals surface area contributed by atoms with Crippen LogP contribution in [0, 0.1) is 5.82 Å². The zero-order chi connectivity index (χ0) is 16.2. The number of benzene rings is 1. The number of imidazole rings is 1. The van der Waals surface area contributed by atoms with E-state index in [1.165, 1.54) is 23.5 Å². The van der Waals surface area contributed by atoms with Gasteiger partial charge in [-0.1, -0.05) is 11.3 Å². The molecule has 6 nitrogen and oxygen atoms in total. The summed E-state index contributed by atoms with van der Waals surface area (Å²) in [5.74, 6) is -0.268. The fourth-order valence-electron chi connectivity index (χ4n) is 2.15. The largest absolute Gasteiger partial charge is 0.391 e. The maximum atomic E-state index is 13.0. The van der Waals surface area contributed by atoms with Gasteiger partial charge in [0.05, 0.1) is 24.6 Å². The number of aliphatic hydroxyl groups is 1. The summed E-state index contributed by atoms with van der Waals surface area (Å²) >= 11 is 1.42. The molecule has 2 N–H and O–H groups in total. The minimum absolute atomic E-state index is 0.268. The molecule has 0 saturated carbocycles. The van der Waals surface area contributed by atoms with Crippen LogP contribution in [0.1, 0.15) is 6.42 Å². The third-order valence-corrected chi connectivity index (χ3v) is 4.18. The maximum Gasteiger partial charge on any atom is 0.214 e. The lowest BCUT2D eigenvalue weighted by Gasteiger charge is -2.08. The van der Waals surface area contributed by atoms with Gasteiger partial charge in [-0.2, -0.15) is 0 Å². The minimum Gasteiger partial charge on any atom is -0.391 e. The molecule has 0 aliphatic carbocycles. The van der Waals surface area contributed by atoms with Crippen LogP contribution in [-0.4, -0.2) is 46.1 Å². The fourth-order valence-corrected chi connectivity index (χ4v) is 2.96. The van der Waals surface area contributed by atoms with Crippen molar-refractivity contribution in [2.45, 2.75) is 12.5 Å². The van der Waals surface area contributed by atoms with E-state index in [0.717, 1.165) is 21.3 Å². The second kappa shape index (κ2) is 7.03. The van der Waals surface area contributed by atoms with Crippen LogP contribution in [-0.2, 0) is 4.74 Å². The smallest absolute Gasteiger partial charge is 0.214 e. The number of aliphatic hydroxyl groups excluding tert-OH is 1. The van der Waals surface area contributed by atoms with E-state index >= 15 is 0 Å². The molecule has 8 heteroatoms. The number of hydrogen-bond donors (Lipinski definition) is 2. The third kappa shape index (κ3) is 3.84. The normalized spacial score (nSPS) is 12.7. The molecule has 3 rings (SSSR count). The van der Waals surface area contributed by atoms with Crippen molar-refractivity contribution in [3.63, 3.8) is 0 Å². The molecule has 0 fully saturated rings. The highest BCUT2D eigenvalue weighted by Crippen LogP contribution is 2.24. The first-order chi connectivity index (χ1) is 11.2.